The van der Waals surface area contributed by atoms with E-state index in [0.717, 1.165) is 0 Å². The summed E-state index contributed by atoms with van der Waals surface area (Å²) < 4.78 is 48.4. The maximum atomic E-state index is 13.5. The number of nitriles is 1. The number of pyridine rings is 1. The Bertz CT molecular complexity index is 1970. The van der Waals surface area contributed by atoms with E-state index in [1.165, 1.54) is 24.4 Å². The van der Waals surface area contributed by atoms with Crippen LogP contribution < -0.4 is 25.4 Å². The molecule has 0 atom stereocenters. The van der Waals surface area contributed by atoms with E-state index in [-0.39, 0.29) is 35.4 Å². The molecule has 1 fully saturated rings. The minimum absolute atomic E-state index is 0.134. The third kappa shape index (κ3) is 9.22. The molecule has 0 spiro atoms. The van der Waals surface area contributed by atoms with Gasteiger partial charge in [-0.3, -0.25) is 9.78 Å². The second-order valence-electron chi connectivity index (χ2n) is 11.3. The predicted molar refractivity (Wildman–Crippen MR) is 185 cm³/mol. The zero-order valence-electron chi connectivity index (χ0n) is 26.3. The zero-order valence-corrected chi connectivity index (χ0v) is 27.8. The summed E-state index contributed by atoms with van der Waals surface area (Å²) in [6, 6.07) is 16.8. The number of rotatable bonds is 13. The van der Waals surface area contributed by atoms with Gasteiger partial charge >= 0.3 is 0 Å². The molecule has 2 heterocycles. The number of nitrogens with zero attached hydrogens (tertiary/aromatic N) is 2. The first kappa shape index (κ1) is 34.6. The summed E-state index contributed by atoms with van der Waals surface area (Å²) in [5, 5.41) is 20.2. The van der Waals surface area contributed by atoms with Crippen molar-refractivity contribution in [3.8, 4) is 17.6 Å². The highest BCUT2D eigenvalue weighted by Gasteiger charge is 2.23. The first-order valence-corrected chi connectivity index (χ1v) is 17.7. The molecule has 0 bridgehead atoms. The van der Waals surface area contributed by atoms with Gasteiger partial charge in [-0.1, -0.05) is 29.8 Å². The summed E-state index contributed by atoms with van der Waals surface area (Å²) in [7, 11) is -2.90. The molecule has 250 valence electrons. The fourth-order valence-electron chi connectivity index (χ4n) is 5.29. The van der Waals surface area contributed by atoms with Crippen LogP contribution in [0.2, 0.25) is 5.02 Å². The zero-order chi connectivity index (χ0) is 34.1. The van der Waals surface area contributed by atoms with Gasteiger partial charge in [0.2, 0.25) is 5.91 Å². The highest BCUT2D eigenvalue weighted by atomic mass is 35.5. The fraction of sp³-hybridized carbons (Fsp3) is 0.286. The summed E-state index contributed by atoms with van der Waals surface area (Å²) >= 11 is 6.52. The molecule has 5 rings (SSSR count). The third-order valence-electron chi connectivity index (χ3n) is 7.77. The number of nitrogens with one attached hydrogen (secondary N) is 3. The maximum absolute atomic E-state index is 13.5. The first-order valence-electron chi connectivity index (χ1n) is 15.5. The molecule has 3 aromatic carbocycles. The number of ether oxygens (including phenoxy) is 2. The number of hydrogen-bond acceptors (Lipinski definition) is 9. The number of carbonyl (C=O) groups excluding carboxylic acids is 1. The van der Waals surface area contributed by atoms with E-state index >= 15 is 0 Å². The molecule has 4 aromatic rings. The van der Waals surface area contributed by atoms with Crippen molar-refractivity contribution in [1.29, 1.82) is 5.26 Å². The van der Waals surface area contributed by atoms with Crippen LogP contribution in [0.3, 0.4) is 0 Å². The maximum Gasteiger partial charge on any atom is 0.248 e. The Balaban J connectivity index is 1.30. The summed E-state index contributed by atoms with van der Waals surface area (Å²) in [5.41, 5.74) is 2.90. The lowest BCUT2D eigenvalue weighted by atomic mass is 10.0. The molecule has 1 aliphatic heterocycles. The van der Waals surface area contributed by atoms with E-state index < -0.39 is 9.84 Å². The van der Waals surface area contributed by atoms with Crippen molar-refractivity contribution in [2.24, 2.45) is 5.92 Å². The molecular formula is C35H35ClFN5O5S. The Labute approximate surface area is 283 Å². The number of carbonyl (C=O) groups is 1. The van der Waals surface area contributed by atoms with Crippen molar-refractivity contribution in [3.05, 3.63) is 94.9 Å². The Morgan fingerprint density at radius 1 is 1.12 bits per heavy atom. The quantitative estimate of drug-likeness (QED) is 0.105. The monoisotopic (exact) mass is 691 g/mol. The van der Waals surface area contributed by atoms with E-state index in [9.17, 15) is 22.9 Å². The summed E-state index contributed by atoms with van der Waals surface area (Å²) in [6.07, 6.45) is 5.87. The van der Waals surface area contributed by atoms with Gasteiger partial charge in [-0.05, 0) is 74.2 Å². The minimum atomic E-state index is -2.90. The van der Waals surface area contributed by atoms with Gasteiger partial charge in [0, 0.05) is 36.0 Å². The van der Waals surface area contributed by atoms with Crippen molar-refractivity contribution in [2.75, 3.05) is 41.8 Å². The molecule has 1 aromatic heterocycles. The number of fused-ring (bicyclic) bond motifs is 1. The standard InChI is InChI=1S/C35H35ClFN5O5S/c1-2-46-33-18-30-28(17-31(33)42-34(43)7-4-12-39-20-23-10-13-48(44,45)14-11-23)35(25(19-38)21-40-30)41-27-8-9-32(29(36)16-27)47-22-24-5-3-6-26(37)15-24/h3-9,15-18,21,23,39H,2,10-14,20,22H2,1H3,(H,40,41)(H,42,43)/b7-4+. The average molecular weight is 692 g/mol. The van der Waals surface area contributed by atoms with E-state index in [0.29, 0.717) is 88.5 Å². The lowest BCUT2D eigenvalue weighted by Gasteiger charge is -2.21. The average Bonchev–Trinajstić information content (AvgIpc) is 3.05. The Hall–Kier alpha value is -4.70. The van der Waals surface area contributed by atoms with E-state index in [4.69, 9.17) is 21.1 Å². The van der Waals surface area contributed by atoms with Crippen LogP contribution in [0.5, 0.6) is 11.5 Å². The van der Waals surface area contributed by atoms with Gasteiger partial charge in [0.25, 0.3) is 0 Å². The van der Waals surface area contributed by atoms with Crippen molar-refractivity contribution in [2.45, 2.75) is 26.4 Å². The van der Waals surface area contributed by atoms with Crippen molar-refractivity contribution < 1.29 is 27.1 Å². The van der Waals surface area contributed by atoms with Crippen LogP contribution in [-0.2, 0) is 21.2 Å². The summed E-state index contributed by atoms with van der Waals surface area (Å²) in [4.78, 5) is 17.3. The Kier molecular flexibility index (Phi) is 11.5. The Morgan fingerprint density at radius 3 is 2.67 bits per heavy atom. The lowest BCUT2D eigenvalue weighted by molar-refractivity contribution is -0.111. The van der Waals surface area contributed by atoms with Gasteiger partial charge in [-0.15, -0.1) is 0 Å². The van der Waals surface area contributed by atoms with Gasteiger partial charge in [0.05, 0.1) is 45.6 Å². The summed E-state index contributed by atoms with van der Waals surface area (Å²) in [5.74, 6) is 0.846. The predicted octanol–water partition coefficient (Wildman–Crippen LogP) is 6.53. The molecule has 1 aliphatic rings. The first-order chi connectivity index (χ1) is 23.1. The van der Waals surface area contributed by atoms with Crippen LogP contribution in [0.25, 0.3) is 10.9 Å². The minimum Gasteiger partial charge on any atom is -0.492 e. The van der Waals surface area contributed by atoms with Crippen LogP contribution in [-0.4, -0.2) is 50.5 Å². The molecule has 1 saturated heterocycles. The molecule has 48 heavy (non-hydrogen) atoms. The lowest BCUT2D eigenvalue weighted by Crippen LogP contribution is -2.31. The second kappa shape index (κ2) is 15.9. The van der Waals surface area contributed by atoms with Crippen LogP contribution in [0.1, 0.15) is 30.9 Å². The van der Waals surface area contributed by atoms with Gasteiger partial charge < -0.3 is 25.4 Å². The summed E-state index contributed by atoms with van der Waals surface area (Å²) in [6.45, 7) is 3.45. The molecule has 0 radical (unpaired) electrons. The Morgan fingerprint density at radius 2 is 1.94 bits per heavy atom. The number of sulfone groups is 1. The second-order valence-corrected chi connectivity index (χ2v) is 14.0. The topological polar surface area (TPSA) is 142 Å². The van der Waals surface area contributed by atoms with Crippen molar-refractivity contribution in [3.63, 3.8) is 0 Å². The van der Waals surface area contributed by atoms with Crippen molar-refractivity contribution >= 4 is 55.3 Å². The van der Waals surface area contributed by atoms with Crippen LogP contribution in [0.15, 0.2) is 72.9 Å². The normalized spacial score (nSPS) is 14.5. The van der Waals surface area contributed by atoms with Gasteiger partial charge in [-0.25, -0.2) is 12.8 Å². The van der Waals surface area contributed by atoms with E-state index in [2.05, 4.69) is 27.0 Å². The SMILES string of the molecule is CCOc1cc2ncc(C#N)c(Nc3ccc(OCc4cccc(F)c4)c(Cl)c3)c2cc1NC(=O)/C=C/CNCC1CCS(=O)(=O)CC1. The largest absolute Gasteiger partial charge is 0.492 e. The van der Waals surface area contributed by atoms with E-state index in [1.54, 1.807) is 48.5 Å². The van der Waals surface area contributed by atoms with Gasteiger partial charge in [-0.2, -0.15) is 5.26 Å². The number of halogens is 2. The molecule has 0 aliphatic carbocycles. The molecular weight excluding hydrogens is 657 g/mol. The van der Waals surface area contributed by atoms with Gasteiger partial charge in [0.15, 0.2) is 0 Å². The number of hydrogen-bond donors (Lipinski definition) is 3. The van der Waals surface area contributed by atoms with Crippen molar-refractivity contribution in [1.82, 2.24) is 10.3 Å². The molecule has 13 heteroatoms. The molecule has 10 nitrogen and oxygen atoms in total. The van der Waals surface area contributed by atoms with Gasteiger partial charge in [0.1, 0.15) is 39.8 Å². The molecule has 3 N–H and O–H groups in total. The highest BCUT2D eigenvalue weighted by molar-refractivity contribution is 7.91. The van der Waals surface area contributed by atoms with E-state index in [1.807, 2.05) is 6.92 Å². The smallest absolute Gasteiger partial charge is 0.248 e. The molecule has 0 unspecified atom stereocenters. The number of aromatic nitrogens is 1. The van der Waals surface area contributed by atoms with Crippen LogP contribution in [0, 0.1) is 23.1 Å². The fourth-order valence-corrected chi connectivity index (χ4v) is 7.12. The highest BCUT2D eigenvalue weighted by Crippen LogP contribution is 2.37. The third-order valence-corrected chi connectivity index (χ3v) is 9.78. The number of amides is 1. The number of benzene rings is 3. The van der Waals surface area contributed by atoms with Crippen LogP contribution >= 0.6 is 11.6 Å². The van der Waals surface area contributed by atoms with Crippen LogP contribution in [0.4, 0.5) is 21.5 Å². The molecule has 1 amide bonds. The molecule has 0 saturated carbocycles. The number of anilines is 3.